The zero-order chi connectivity index (χ0) is 19.5. The van der Waals surface area contributed by atoms with Gasteiger partial charge in [-0.1, -0.05) is 18.2 Å². The molecular formula is C21H30ClN5O2. The molecule has 0 spiro atoms. The van der Waals surface area contributed by atoms with Crippen LogP contribution in [-0.2, 0) is 20.1 Å². The molecule has 8 heteroatoms. The summed E-state index contributed by atoms with van der Waals surface area (Å²) in [5, 5.41) is 21.0. The number of carbonyl (C=O) groups excluding carboxylic acids is 1. The largest absolute Gasteiger partial charge is 0.388 e. The lowest BCUT2D eigenvalue weighted by atomic mass is 9.92. The Bertz CT molecular complexity index is 826. The van der Waals surface area contributed by atoms with Gasteiger partial charge in [0.2, 0.25) is 0 Å². The van der Waals surface area contributed by atoms with Crippen LogP contribution in [0.4, 0.5) is 0 Å². The van der Waals surface area contributed by atoms with Gasteiger partial charge in [-0.2, -0.15) is 0 Å². The van der Waals surface area contributed by atoms with Crippen LogP contribution in [-0.4, -0.2) is 56.9 Å². The summed E-state index contributed by atoms with van der Waals surface area (Å²) in [5.41, 5.74) is 2.03. The fraction of sp³-hybridized carbons (Fsp3) is 0.571. The van der Waals surface area contributed by atoms with Crippen LogP contribution < -0.4 is 5.32 Å². The third-order valence-electron chi connectivity index (χ3n) is 6.21. The number of rotatable bonds is 5. The first-order valence-corrected chi connectivity index (χ1v) is 10.2. The summed E-state index contributed by atoms with van der Waals surface area (Å²) in [5.74, 6) is 2.54. The van der Waals surface area contributed by atoms with Crippen molar-refractivity contribution in [3.8, 4) is 0 Å². The zero-order valence-corrected chi connectivity index (χ0v) is 17.7. The maximum Gasteiger partial charge on any atom is 0.254 e. The van der Waals surface area contributed by atoms with Gasteiger partial charge in [0, 0.05) is 31.6 Å². The highest BCUT2D eigenvalue weighted by molar-refractivity contribution is 5.95. The lowest BCUT2D eigenvalue weighted by molar-refractivity contribution is 0.0709. The fourth-order valence-corrected chi connectivity index (χ4v) is 4.49. The van der Waals surface area contributed by atoms with Gasteiger partial charge in [-0.15, -0.1) is 22.6 Å². The average Bonchev–Trinajstić information content (AvgIpc) is 3.37. The number of aromatic nitrogens is 3. The maximum atomic E-state index is 13.2. The zero-order valence-electron chi connectivity index (χ0n) is 16.9. The smallest absolute Gasteiger partial charge is 0.254 e. The Morgan fingerprint density at radius 3 is 2.62 bits per heavy atom. The molecule has 4 rings (SSSR count). The minimum Gasteiger partial charge on any atom is -0.388 e. The van der Waals surface area contributed by atoms with Crippen LogP contribution in [0, 0.1) is 5.92 Å². The Morgan fingerprint density at radius 1 is 1.21 bits per heavy atom. The number of carbonyl (C=O) groups is 1. The summed E-state index contributed by atoms with van der Waals surface area (Å²) in [6, 6.07) is 8.08. The second-order valence-electron chi connectivity index (χ2n) is 7.98. The minimum atomic E-state index is -0.103. The molecular weight excluding hydrogens is 390 g/mol. The van der Waals surface area contributed by atoms with Gasteiger partial charge in [-0.25, -0.2) is 0 Å². The summed E-state index contributed by atoms with van der Waals surface area (Å²) in [6.45, 7) is 3.47. The molecule has 7 nitrogen and oxygen atoms in total. The monoisotopic (exact) mass is 419 g/mol. The number of piperidine rings is 1. The van der Waals surface area contributed by atoms with Crippen LogP contribution in [0.1, 0.15) is 52.8 Å². The van der Waals surface area contributed by atoms with Crippen LogP contribution in [0.5, 0.6) is 0 Å². The summed E-state index contributed by atoms with van der Waals surface area (Å²) >= 11 is 0. The van der Waals surface area contributed by atoms with Crippen molar-refractivity contribution >= 4 is 18.3 Å². The molecule has 0 aliphatic carbocycles. The van der Waals surface area contributed by atoms with E-state index in [-0.39, 0.29) is 30.8 Å². The lowest BCUT2D eigenvalue weighted by Crippen LogP contribution is -2.38. The molecule has 2 aromatic rings. The van der Waals surface area contributed by atoms with Crippen LogP contribution in [0.2, 0.25) is 0 Å². The molecule has 1 amide bonds. The number of nitrogens with one attached hydrogen (secondary N) is 1. The quantitative estimate of drug-likeness (QED) is 0.773. The Hall–Kier alpha value is -1.96. The molecule has 1 atom stereocenters. The lowest BCUT2D eigenvalue weighted by Gasteiger charge is -2.32. The summed E-state index contributed by atoms with van der Waals surface area (Å²) in [7, 11) is 1.90. The molecule has 2 aliphatic heterocycles. The summed E-state index contributed by atoms with van der Waals surface area (Å²) in [6.07, 6.45) is 3.89. The fourth-order valence-electron chi connectivity index (χ4n) is 4.49. The van der Waals surface area contributed by atoms with Crippen molar-refractivity contribution in [2.75, 3.05) is 26.2 Å². The van der Waals surface area contributed by atoms with E-state index >= 15 is 0 Å². The van der Waals surface area contributed by atoms with E-state index < -0.39 is 0 Å². The molecule has 3 heterocycles. The number of aliphatic hydroxyl groups excluding tert-OH is 1. The van der Waals surface area contributed by atoms with E-state index in [9.17, 15) is 9.90 Å². The Kier molecular flexibility index (Phi) is 7.27. The molecule has 158 valence electrons. The van der Waals surface area contributed by atoms with E-state index in [1.54, 1.807) is 0 Å². The third kappa shape index (κ3) is 4.63. The van der Waals surface area contributed by atoms with Gasteiger partial charge in [0.05, 0.1) is 0 Å². The standard InChI is InChI=1S/C21H29N5O2.ClH/c1-25-19(14-27)23-24-20(25)16-7-10-26(11-8-16)21(28)18-5-3-2-4-17(18)12-15-6-9-22-13-15;/h2-5,15-16,22,27H,6-14H2,1H3;1H. The van der Waals surface area contributed by atoms with Crippen LogP contribution in [0.25, 0.3) is 0 Å². The molecule has 0 saturated carbocycles. The van der Waals surface area contributed by atoms with Crippen molar-refractivity contribution in [2.45, 2.75) is 38.2 Å². The van der Waals surface area contributed by atoms with Crippen LogP contribution in [0.15, 0.2) is 24.3 Å². The predicted molar refractivity (Wildman–Crippen MR) is 113 cm³/mol. The van der Waals surface area contributed by atoms with Gasteiger partial charge in [0.1, 0.15) is 12.4 Å². The SMILES string of the molecule is Cl.Cn1c(CO)nnc1C1CCN(C(=O)c2ccccc2CC2CCNC2)CC1. The van der Waals surface area contributed by atoms with Gasteiger partial charge in [0.25, 0.3) is 5.91 Å². The van der Waals surface area contributed by atoms with Gasteiger partial charge in [0.15, 0.2) is 5.82 Å². The normalized spacial score (nSPS) is 19.9. The highest BCUT2D eigenvalue weighted by Crippen LogP contribution is 2.28. The summed E-state index contributed by atoms with van der Waals surface area (Å²) in [4.78, 5) is 15.2. The molecule has 0 radical (unpaired) electrons. The van der Waals surface area contributed by atoms with Crippen LogP contribution in [0.3, 0.4) is 0 Å². The van der Waals surface area contributed by atoms with E-state index in [2.05, 4.69) is 21.6 Å². The molecule has 29 heavy (non-hydrogen) atoms. The van der Waals surface area contributed by atoms with Crippen LogP contribution >= 0.6 is 12.4 Å². The van der Waals surface area contributed by atoms with Crippen molar-refractivity contribution in [3.63, 3.8) is 0 Å². The molecule has 2 saturated heterocycles. The number of hydrogen-bond acceptors (Lipinski definition) is 5. The van der Waals surface area contributed by atoms with E-state index in [0.29, 0.717) is 11.7 Å². The molecule has 2 N–H and O–H groups in total. The van der Waals surface area contributed by atoms with Gasteiger partial charge in [-0.3, -0.25) is 4.79 Å². The van der Waals surface area contributed by atoms with Gasteiger partial charge >= 0.3 is 0 Å². The van der Waals surface area contributed by atoms with E-state index in [0.717, 1.165) is 56.8 Å². The number of nitrogens with zero attached hydrogens (tertiary/aromatic N) is 4. The summed E-state index contributed by atoms with van der Waals surface area (Å²) < 4.78 is 1.88. The number of benzene rings is 1. The number of hydrogen-bond donors (Lipinski definition) is 2. The number of likely N-dealkylation sites (tertiary alicyclic amines) is 1. The molecule has 2 fully saturated rings. The van der Waals surface area contributed by atoms with E-state index in [1.165, 1.54) is 12.0 Å². The Morgan fingerprint density at radius 2 is 1.97 bits per heavy atom. The number of aliphatic hydroxyl groups is 1. The van der Waals surface area contributed by atoms with Gasteiger partial charge < -0.3 is 19.9 Å². The highest BCUT2D eigenvalue weighted by Gasteiger charge is 2.29. The molecule has 1 unspecified atom stereocenters. The van der Waals surface area contributed by atoms with E-state index in [1.807, 2.05) is 34.7 Å². The van der Waals surface area contributed by atoms with Gasteiger partial charge in [-0.05, 0) is 56.3 Å². The topological polar surface area (TPSA) is 83.3 Å². The van der Waals surface area contributed by atoms with Crippen molar-refractivity contribution in [1.29, 1.82) is 0 Å². The van der Waals surface area contributed by atoms with Crippen molar-refractivity contribution in [1.82, 2.24) is 25.0 Å². The molecule has 1 aromatic carbocycles. The Labute approximate surface area is 177 Å². The molecule has 2 aliphatic rings. The number of amides is 1. The second kappa shape index (κ2) is 9.69. The highest BCUT2D eigenvalue weighted by atomic mass is 35.5. The maximum absolute atomic E-state index is 13.2. The average molecular weight is 420 g/mol. The third-order valence-corrected chi connectivity index (χ3v) is 6.21. The Balaban J connectivity index is 0.00000240. The molecule has 0 bridgehead atoms. The minimum absolute atomic E-state index is 0. The molecule has 1 aromatic heterocycles. The first-order chi connectivity index (χ1) is 13.7. The number of halogens is 1. The second-order valence-corrected chi connectivity index (χ2v) is 7.98. The van der Waals surface area contributed by atoms with Crippen molar-refractivity contribution in [2.24, 2.45) is 13.0 Å². The van der Waals surface area contributed by atoms with Crippen molar-refractivity contribution in [3.05, 3.63) is 47.0 Å². The first-order valence-electron chi connectivity index (χ1n) is 10.2. The van der Waals surface area contributed by atoms with E-state index in [4.69, 9.17) is 0 Å². The van der Waals surface area contributed by atoms with Crippen molar-refractivity contribution < 1.29 is 9.90 Å². The first kappa shape index (κ1) is 21.7. The predicted octanol–water partition coefficient (Wildman–Crippen LogP) is 1.90.